The molecule has 158 valence electrons. The van der Waals surface area contributed by atoms with Crippen LogP contribution in [0.1, 0.15) is 26.7 Å². The van der Waals surface area contributed by atoms with Gasteiger partial charge in [0.15, 0.2) is 17.3 Å². The molecule has 0 aromatic carbocycles. The molecule has 0 unspecified atom stereocenters. The van der Waals surface area contributed by atoms with Gasteiger partial charge >= 0.3 is 0 Å². The van der Waals surface area contributed by atoms with E-state index in [0.29, 0.717) is 35.5 Å². The van der Waals surface area contributed by atoms with Crippen LogP contribution < -0.4 is 11.5 Å². The van der Waals surface area contributed by atoms with Gasteiger partial charge in [0.25, 0.3) is 0 Å². The Morgan fingerprint density at radius 3 is 2.83 bits per heavy atom. The van der Waals surface area contributed by atoms with E-state index in [1.54, 1.807) is 6.33 Å². The summed E-state index contributed by atoms with van der Waals surface area (Å²) in [6, 6.07) is 0.541. The van der Waals surface area contributed by atoms with Crippen molar-refractivity contribution >= 4 is 17.0 Å². The Morgan fingerprint density at radius 2 is 2.07 bits per heavy atom. The van der Waals surface area contributed by atoms with Gasteiger partial charge < -0.3 is 30.6 Å². The van der Waals surface area contributed by atoms with Crippen LogP contribution in [-0.2, 0) is 19.9 Å². The second-order valence-corrected chi connectivity index (χ2v) is 8.95. The zero-order valence-electron chi connectivity index (χ0n) is 17.1. The summed E-state index contributed by atoms with van der Waals surface area (Å²) in [5.41, 5.74) is 12.1. The van der Waals surface area contributed by atoms with E-state index in [9.17, 15) is 0 Å². The SMILES string of the molecule is CN(C[C@H]1OC[C@]2(n3cnc4c(N)ncnc43)OC(C)(C)O[C@H]12)C1CC(CN)C1. The first-order valence-electron chi connectivity index (χ1n) is 10.2. The lowest BCUT2D eigenvalue weighted by atomic mass is 9.79. The molecule has 0 bridgehead atoms. The summed E-state index contributed by atoms with van der Waals surface area (Å²) in [5, 5.41) is 0. The number of nitrogens with two attached hydrogens (primary N) is 2. The molecule has 5 rings (SSSR count). The normalized spacial score (nSPS) is 35.9. The predicted molar refractivity (Wildman–Crippen MR) is 106 cm³/mol. The van der Waals surface area contributed by atoms with Crippen LogP contribution in [0.15, 0.2) is 12.7 Å². The number of imidazole rings is 1. The molecule has 4 N–H and O–H groups in total. The molecule has 3 fully saturated rings. The maximum Gasteiger partial charge on any atom is 0.203 e. The number of ether oxygens (including phenoxy) is 3. The van der Waals surface area contributed by atoms with E-state index in [-0.39, 0.29) is 12.2 Å². The third-order valence-electron chi connectivity index (χ3n) is 6.52. The highest BCUT2D eigenvalue weighted by Crippen LogP contribution is 2.48. The fourth-order valence-electron chi connectivity index (χ4n) is 4.92. The highest BCUT2D eigenvalue weighted by Gasteiger charge is 2.63. The molecule has 2 aliphatic heterocycles. The molecule has 1 aliphatic carbocycles. The second kappa shape index (κ2) is 6.58. The Hall–Kier alpha value is -1.85. The van der Waals surface area contributed by atoms with Gasteiger partial charge in [0.2, 0.25) is 5.72 Å². The maximum atomic E-state index is 6.44. The Balaban J connectivity index is 1.44. The highest BCUT2D eigenvalue weighted by atomic mass is 16.8. The van der Waals surface area contributed by atoms with E-state index in [0.717, 1.165) is 25.9 Å². The third-order valence-corrected chi connectivity index (χ3v) is 6.52. The number of likely N-dealkylation sites (N-methyl/N-ethyl adjacent to an activating group) is 1. The molecule has 3 aliphatic rings. The smallest absolute Gasteiger partial charge is 0.203 e. The van der Waals surface area contributed by atoms with Crippen molar-refractivity contribution in [1.29, 1.82) is 0 Å². The summed E-state index contributed by atoms with van der Waals surface area (Å²) in [6.45, 7) is 5.73. The van der Waals surface area contributed by atoms with E-state index >= 15 is 0 Å². The molecule has 0 spiro atoms. The van der Waals surface area contributed by atoms with Gasteiger partial charge in [0, 0.05) is 12.6 Å². The summed E-state index contributed by atoms with van der Waals surface area (Å²) < 4.78 is 20.9. The molecule has 29 heavy (non-hydrogen) atoms. The van der Waals surface area contributed by atoms with Gasteiger partial charge in [-0.3, -0.25) is 4.57 Å². The van der Waals surface area contributed by atoms with Crippen LogP contribution in [0, 0.1) is 5.92 Å². The lowest BCUT2D eigenvalue weighted by molar-refractivity contribution is -0.205. The molecular formula is C19H29N7O3. The van der Waals surface area contributed by atoms with Crippen LogP contribution >= 0.6 is 0 Å². The van der Waals surface area contributed by atoms with E-state index in [2.05, 4.69) is 26.9 Å². The van der Waals surface area contributed by atoms with Crippen molar-refractivity contribution in [2.24, 2.45) is 11.7 Å². The Morgan fingerprint density at radius 1 is 1.28 bits per heavy atom. The largest absolute Gasteiger partial charge is 0.382 e. The first-order valence-corrected chi connectivity index (χ1v) is 10.2. The predicted octanol–water partition coefficient (Wildman–Crippen LogP) is 0.281. The number of hydrogen-bond donors (Lipinski definition) is 2. The topological polar surface area (TPSA) is 127 Å². The van der Waals surface area contributed by atoms with Crippen LogP contribution in [-0.4, -0.2) is 75.2 Å². The van der Waals surface area contributed by atoms with Gasteiger partial charge in [0.1, 0.15) is 24.1 Å². The van der Waals surface area contributed by atoms with E-state index < -0.39 is 11.5 Å². The summed E-state index contributed by atoms with van der Waals surface area (Å²) >= 11 is 0. The lowest BCUT2D eigenvalue weighted by Gasteiger charge is -2.42. The average molecular weight is 403 g/mol. The molecule has 0 amide bonds. The molecule has 0 radical (unpaired) electrons. The van der Waals surface area contributed by atoms with Crippen LogP contribution in [0.2, 0.25) is 0 Å². The van der Waals surface area contributed by atoms with Crippen molar-refractivity contribution in [3.8, 4) is 0 Å². The van der Waals surface area contributed by atoms with E-state index in [1.165, 1.54) is 6.33 Å². The number of rotatable bonds is 5. The van der Waals surface area contributed by atoms with Crippen molar-refractivity contribution in [3.05, 3.63) is 12.7 Å². The quantitative estimate of drug-likeness (QED) is 0.724. The number of aromatic nitrogens is 4. The summed E-state index contributed by atoms with van der Waals surface area (Å²) in [6.07, 6.45) is 4.99. The molecule has 2 saturated heterocycles. The minimum atomic E-state index is -0.843. The fourth-order valence-corrected chi connectivity index (χ4v) is 4.92. The van der Waals surface area contributed by atoms with E-state index in [1.807, 2.05) is 18.4 Å². The zero-order chi connectivity index (χ0) is 20.4. The monoisotopic (exact) mass is 403 g/mol. The van der Waals surface area contributed by atoms with Gasteiger partial charge in [-0.1, -0.05) is 0 Å². The maximum absolute atomic E-state index is 6.44. The summed E-state index contributed by atoms with van der Waals surface area (Å²) in [7, 11) is 2.14. The van der Waals surface area contributed by atoms with Gasteiger partial charge in [-0.05, 0) is 46.2 Å². The van der Waals surface area contributed by atoms with Gasteiger partial charge in [-0.15, -0.1) is 0 Å². The van der Waals surface area contributed by atoms with Gasteiger partial charge in [-0.25, -0.2) is 15.0 Å². The standard InChI is InChI=1S/C19H29N7O3/c1-18(2)28-15-13(7-25(3)12-4-11(5-12)6-20)27-8-19(15,29-18)26-10-24-14-16(21)22-9-23-17(14)26/h9-13,15H,4-8,20H2,1-3H3,(H2,21,22,23)/t11?,12?,13-,15-,19+/m1/s1. The number of nitrogens with zero attached hydrogens (tertiary/aromatic N) is 5. The van der Waals surface area contributed by atoms with Crippen LogP contribution in [0.5, 0.6) is 0 Å². The molecule has 10 nitrogen and oxygen atoms in total. The third kappa shape index (κ3) is 2.93. The first-order chi connectivity index (χ1) is 13.8. The Kier molecular flexibility index (Phi) is 4.34. The molecule has 2 aromatic rings. The lowest BCUT2D eigenvalue weighted by Crippen LogP contribution is -2.50. The van der Waals surface area contributed by atoms with Crippen molar-refractivity contribution < 1.29 is 14.2 Å². The summed E-state index contributed by atoms with van der Waals surface area (Å²) in [5.74, 6) is 0.231. The Bertz CT molecular complexity index is 912. The Labute approximate surface area is 169 Å². The molecule has 2 aromatic heterocycles. The number of anilines is 1. The number of fused-ring (bicyclic) bond motifs is 2. The van der Waals surface area contributed by atoms with Crippen LogP contribution in [0.25, 0.3) is 11.2 Å². The minimum absolute atomic E-state index is 0.129. The zero-order valence-corrected chi connectivity index (χ0v) is 17.1. The number of nitrogen functional groups attached to an aromatic ring is 1. The summed E-state index contributed by atoms with van der Waals surface area (Å²) in [4.78, 5) is 15.2. The van der Waals surface area contributed by atoms with Crippen LogP contribution in [0.4, 0.5) is 5.82 Å². The van der Waals surface area contributed by atoms with E-state index in [4.69, 9.17) is 25.7 Å². The first kappa shape index (κ1) is 19.1. The molecular weight excluding hydrogens is 374 g/mol. The van der Waals surface area contributed by atoms with Gasteiger partial charge in [0.05, 0.1) is 12.9 Å². The van der Waals surface area contributed by atoms with Crippen LogP contribution in [0.3, 0.4) is 0 Å². The molecule has 1 saturated carbocycles. The minimum Gasteiger partial charge on any atom is -0.382 e. The van der Waals surface area contributed by atoms with Crippen molar-refractivity contribution in [2.45, 2.75) is 56.5 Å². The average Bonchev–Trinajstić information content (AvgIpc) is 3.26. The molecule has 10 heteroatoms. The molecule has 4 heterocycles. The van der Waals surface area contributed by atoms with Crippen molar-refractivity contribution in [1.82, 2.24) is 24.4 Å². The fraction of sp³-hybridized carbons (Fsp3) is 0.737. The van der Waals surface area contributed by atoms with Crippen molar-refractivity contribution in [3.63, 3.8) is 0 Å². The molecule has 3 atom stereocenters. The van der Waals surface area contributed by atoms with Gasteiger partial charge in [-0.2, -0.15) is 0 Å². The van der Waals surface area contributed by atoms with Crippen molar-refractivity contribution in [2.75, 3.05) is 32.5 Å². The second-order valence-electron chi connectivity index (χ2n) is 8.95. The number of hydrogen-bond acceptors (Lipinski definition) is 9. The highest BCUT2D eigenvalue weighted by molar-refractivity contribution is 5.81.